The van der Waals surface area contributed by atoms with Gasteiger partial charge in [0, 0.05) is 19.8 Å². The van der Waals surface area contributed by atoms with Crippen molar-refractivity contribution in [1.29, 1.82) is 0 Å². The number of nitrogens with one attached hydrogen (secondary N) is 2. The van der Waals surface area contributed by atoms with Crippen LogP contribution in [0.1, 0.15) is 245 Å². The number of carbonyl (C=O) groups excluding carboxylic acids is 1. The molecule has 2 unspecified atom stereocenters. The van der Waals surface area contributed by atoms with Crippen molar-refractivity contribution in [3.63, 3.8) is 0 Å². The van der Waals surface area contributed by atoms with Crippen molar-refractivity contribution < 1.29 is 9.37 Å². The van der Waals surface area contributed by atoms with Gasteiger partial charge >= 0.3 is 0 Å². The van der Waals surface area contributed by atoms with E-state index in [1.165, 1.54) is 212 Å². The van der Waals surface area contributed by atoms with Crippen molar-refractivity contribution in [3.8, 4) is 0 Å². The molecule has 278 valence electrons. The zero-order valence-electron chi connectivity index (χ0n) is 32.5. The number of hydrogen-bond donors (Lipinski definition) is 2. The fourth-order valence-corrected chi connectivity index (χ4v) is 7.48. The molecule has 0 spiro atoms. The summed E-state index contributed by atoms with van der Waals surface area (Å²) in [6.45, 7) is 7.66. The second-order valence-corrected chi connectivity index (χ2v) is 15.3. The number of hydrogen-bond acceptors (Lipinski definition) is 2. The van der Waals surface area contributed by atoms with E-state index in [0.29, 0.717) is 12.6 Å². The third-order valence-electron chi connectivity index (χ3n) is 10.7. The van der Waals surface area contributed by atoms with E-state index in [1.54, 1.807) is 0 Å². The minimum absolute atomic E-state index is 0.0781. The Morgan fingerprint density at radius 2 is 0.872 bits per heavy atom. The number of nitrogens with zero attached hydrogens (tertiary/aromatic N) is 1. The Bertz CT molecular complexity index is 693. The number of amides is 1. The largest absolute Gasteiger partial charge is 0.299 e. The molecule has 2 N–H and O–H groups in total. The van der Waals surface area contributed by atoms with Crippen molar-refractivity contribution in [1.82, 2.24) is 10.6 Å². The summed E-state index contributed by atoms with van der Waals surface area (Å²) in [7, 11) is 0. The fourth-order valence-electron chi connectivity index (χ4n) is 7.48. The summed E-state index contributed by atoms with van der Waals surface area (Å²) in [6.07, 6.45) is 50.6. The molecule has 0 fully saturated rings. The zero-order valence-corrected chi connectivity index (χ0v) is 32.5. The summed E-state index contributed by atoms with van der Waals surface area (Å²) in [5, 5.41) is 6.91. The fraction of sp³-hybridized carbons (Fsp3) is 0.953. The summed E-state index contributed by atoms with van der Waals surface area (Å²) in [4.78, 5) is 12.6. The number of unbranched alkanes of at least 4 members (excludes halogenated alkanes) is 31. The van der Waals surface area contributed by atoms with Crippen LogP contribution in [0.2, 0.25) is 0 Å². The van der Waals surface area contributed by atoms with Crippen molar-refractivity contribution in [3.05, 3.63) is 0 Å². The Balaban J connectivity index is 1.89. The Morgan fingerprint density at radius 3 is 1.23 bits per heavy atom. The van der Waals surface area contributed by atoms with Gasteiger partial charge in [0.05, 0.1) is 6.54 Å². The molecule has 47 heavy (non-hydrogen) atoms. The van der Waals surface area contributed by atoms with E-state index in [4.69, 9.17) is 0 Å². The van der Waals surface area contributed by atoms with Crippen LogP contribution in [0.15, 0.2) is 0 Å². The van der Waals surface area contributed by atoms with Crippen molar-refractivity contribution in [2.24, 2.45) is 0 Å². The first-order valence-electron chi connectivity index (χ1n) is 21.8. The summed E-state index contributed by atoms with van der Waals surface area (Å²) in [5.41, 5.74) is 0. The van der Waals surface area contributed by atoms with E-state index in [2.05, 4.69) is 42.2 Å². The standard InChI is InChI=1S/C43H85N3O/c1-4-6-8-10-12-14-16-18-20-22-24-26-28-30-32-34-36-38-43(47)45-41(3)46-40-39-44-42(46)37-35-33-31-29-27-25-23-21-19-17-15-13-11-9-7-5-2/h40-42,44H,4-39H2,1-3H3/p+1. The van der Waals surface area contributed by atoms with Crippen LogP contribution in [0.4, 0.5) is 0 Å². The lowest BCUT2D eigenvalue weighted by Crippen LogP contribution is -2.46. The molecule has 0 aromatic heterocycles. The van der Waals surface area contributed by atoms with Crippen molar-refractivity contribution in [2.75, 3.05) is 6.54 Å². The predicted molar refractivity (Wildman–Crippen MR) is 209 cm³/mol. The Morgan fingerprint density at radius 1 is 0.553 bits per heavy atom. The predicted octanol–water partition coefficient (Wildman–Crippen LogP) is 13.2. The highest BCUT2D eigenvalue weighted by atomic mass is 16.1. The molecule has 0 aromatic rings. The molecular weight excluding hydrogens is 574 g/mol. The SMILES string of the molecule is CCCCCCCCCCCCCCCCCCCC(=O)NC(C)[N+]1=CCNC1CCCCCCCCCCCCCCCCCC. The smallest absolute Gasteiger partial charge is 0.226 e. The van der Waals surface area contributed by atoms with Crippen LogP contribution in [0.5, 0.6) is 0 Å². The molecule has 4 heteroatoms. The third kappa shape index (κ3) is 28.6. The summed E-state index contributed by atoms with van der Waals surface area (Å²) in [6, 6.07) is 0. The van der Waals surface area contributed by atoms with Crippen LogP contribution in [0.25, 0.3) is 0 Å². The molecule has 1 aliphatic rings. The molecule has 0 radical (unpaired) electrons. The molecule has 0 aliphatic carbocycles. The van der Waals surface area contributed by atoms with Gasteiger partial charge in [-0.2, -0.15) is 0 Å². The molecule has 1 aliphatic heterocycles. The maximum atomic E-state index is 12.6. The second kappa shape index (κ2) is 34.9. The topological polar surface area (TPSA) is 44.1 Å². The number of carbonyl (C=O) groups is 1. The molecule has 1 amide bonds. The van der Waals surface area contributed by atoms with E-state index in [0.717, 1.165) is 13.0 Å². The lowest BCUT2D eigenvalue weighted by atomic mass is 10.0. The average Bonchev–Trinajstić information content (AvgIpc) is 3.55. The monoisotopic (exact) mass is 661 g/mol. The Hall–Kier alpha value is -0.900. The highest BCUT2D eigenvalue weighted by Crippen LogP contribution is 2.17. The van der Waals surface area contributed by atoms with Crippen LogP contribution in [0.3, 0.4) is 0 Å². The van der Waals surface area contributed by atoms with Gasteiger partial charge in [-0.1, -0.05) is 213 Å². The van der Waals surface area contributed by atoms with Gasteiger partial charge in [0.1, 0.15) is 0 Å². The molecule has 1 rings (SSSR count). The van der Waals surface area contributed by atoms with Gasteiger partial charge < -0.3 is 0 Å². The van der Waals surface area contributed by atoms with E-state index in [1.807, 2.05) is 0 Å². The highest BCUT2D eigenvalue weighted by Gasteiger charge is 2.30. The molecule has 0 saturated carbocycles. The molecular formula is C43H86N3O+. The third-order valence-corrected chi connectivity index (χ3v) is 10.7. The molecule has 1 heterocycles. The van der Waals surface area contributed by atoms with Crippen LogP contribution in [0, 0.1) is 0 Å². The summed E-state index contributed by atoms with van der Waals surface area (Å²) >= 11 is 0. The van der Waals surface area contributed by atoms with E-state index < -0.39 is 0 Å². The molecule has 0 saturated heterocycles. The average molecular weight is 661 g/mol. The van der Waals surface area contributed by atoms with Crippen LogP contribution in [-0.2, 0) is 4.79 Å². The zero-order chi connectivity index (χ0) is 33.9. The molecule has 0 aromatic carbocycles. The Kier molecular flexibility index (Phi) is 32.8. The van der Waals surface area contributed by atoms with Gasteiger partial charge in [-0.05, 0) is 12.8 Å². The minimum atomic E-state index is 0.0781. The van der Waals surface area contributed by atoms with Gasteiger partial charge in [-0.3, -0.25) is 10.1 Å². The second-order valence-electron chi connectivity index (χ2n) is 15.3. The van der Waals surface area contributed by atoms with E-state index in [9.17, 15) is 4.79 Å². The summed E-state index contributed by atoms with van der Waals surface area (Å²) < 4.78 is 2.36. The molecule has 4 nitrogen and oxygen atoms in total. The lowest BCUT2D eigenvalue weighted by Gasteiger charge is -2.17. The van der Waals surface area contributed by atoms with Crippen molar-refractivity contribution in [2.45, 2.75) is 258 Å². The first kappa shape index (κ1) is 44.1. The Labute approximate surface area is 295 Å². The summed E-state index contributed by atoms with van der Waals surface area (Å²) in [5.74, 6) is 0.222. The van der Waals surface area contributed by atoms with E-state index in [-0.39, 0.29) is 12.1 Å². The lowest BCUT2D eigenvalue weighted by molar-refractivity contribution is -0.595. The first-order valence-corrected chi connectivity index (χ1v) is 21.8. The molecule has 2 atom stereocenters. The quantitative estimate of drug-likeness (QED) is 0.0514. The van der Waals surface area contributed by atoms with Gasteiger partial charge in [0.15, 0.2) is 6.21 Å². The van der Waals surface area contributed by atoms with Gasteiger partial charge in [-0.25, -0.2) is 9.89 Å². The van der Waals surface area contributed by atoms with Crippen LogP contribution < -0.4 is 10.6 Å². The van der Waals surface area contributed by atoms with Crippen LogP contribution in [-0.4, -0.2) is 35.6 Å². The number of rotatable bonds is 37. The first-order chi connectivity index (χ1) is 23.2. The minimum Gasteiger partial charge on any atom is -0.299 e. The van der Waals surface area contributed by atoms with Gasteiger partial charge in [0.25, 0.3) is 0 Å². The molecule has 0 bridgehead atoms. The van der Waals surface area contributed by atoms with E-state index >= 15 is 0 Å². The maximum absolute atomic E-state index is 12.6. The van der Waals surface area contributed by atoms with Gasteiger partial charge in [0.2, 0.25) is 18.2 Å². The maximum Gasteiger partial charge on any atom is 0.226 e. The van der Waals surface area contributed by atoms with Gasteiger partial charge in [-0.15, -0.1) is 0 Å². The van der Waals surface area contributed by atoms with Crippen LogP contribution >= 0.6 is 0 Å². The van der Waals surface area contributed by atoms with Crippen molar-refractivity contribution >= 4 is 12.1 Å². The highest BCUT2D eigenvalue weighted by molar-refractivity contribution is 5.76. The normalized spacial score (nSPS) is 15.3.